The molecule has 0 radical (unpaired) electrons. The Kier molecular flexibility index (Phi) is 11.3. The van der Waals surface area contributed by atoms with Crippen molar-refractivity contribution >= 4 is 30.3 Å². The standard InChI is InChI=1S/C34H41FN6O3/c1-24(2)32-30(36-22-41(32)14-6-13-40-17-15-39(4)16-18-40)19-25(3)38-34(44)31(37-23-42)21-26-7-5-8-28(20-26)33(43)27-9-11-29(35)12-10-27/h5,7-12,19-24H,6,13-18H2,1-4H3,(H,37,42)(H,38,44)/b25-19-,31-21-. The number of aryl methyl sites for hydroxylation is 1. The second-order valence-electron chi connectivity index (χ2n) is 11.4. The Morgan fingerprint density at radius 3 is 2.41 bits per heavy atom. The number of nitrogens with zero attached hydrogens (tertiary/aromatic N) is 4. The minimum absolute atomic E-state index is 0.0117. The van der Waals surface area contributed by atoms with Crippen LogP contribution in [0.2, 0.25) is 0 Å². The number of aromatic nitrogens is 2. The van der Waals surface area contributed by atoms with Gasteiger partial charge in [0.25, 0.3) is 5.91 Å². The Hall–Kier alpha value is -4.41. The fraction of sp³-hybridized carbons (Fsp3) is 0.353. The fourth-order valence-corrected chi connectivity index (χ4v) is 5.29. The lowest BCUT2D eigenvalue weighted by Crippen LogP contribution is -2.44. The zero-order valence-electron chi connectivity index (χ0n) is 25.8. The van der Waals surface area contributed by atoms with Crippen LogP contribution in [0.5, 0.6) is 0 Å². The highest BCUT2D eigenvalue weighted by molar-refractivity contribution is 6.09. The van der Waals surface area contributed by atoms with Crippen molar-refractivity contribution in [3.63, 3.8) is 0 Å². The number of carbonyl (C=O) groups excluding carboxylic acids is 3. The van der Waals surface area contributed by atoms with E-state index in [0.29, 0.717) is 28.8 Å². The van der Waals surface area contributed by atoms with E-state index in [9.17, 15) is 18.8 Å². The van der Waals surface area contributed by atoms with Crippen LogP contribution in [0, 0.1) is 5.82 Å². The second kappa shape index (κ2) is 15.4. The number of imidazole rings is 1. The number of piperazine rings is 1. The summed E-state index contributed by atoms with van der Waals surface area (Å²) >= 11 is 0. The number of likely N-dealkylation sites (N-methyl/N-ethyl adjacent to an activating group) is 1. The first-order valence-electron chi connectivity index (χ1n) is 14.9. The van der Waals surface area contributed by atoms with E-state index in [4.69, 9.17) is 0 Å². The van der Waals surface area contributed by atoms with Gasteiger partial charge in [-0.05, 0) is 80.9 Å². The normalized spacial score (nSPS) is 15.0. The molecule has 1 aliphatic rings. The molecule has 44 heavy (non-hydrogen) atoms. The molecule has 4 rings (SSSR count). The van der Waals surface area contributed by atoms with E-state index in [1.165, 1.54) is 30.3 Å². The molecular formula is C34H41FN6O3. The van der Waals surface area contributed by atoms with Crippen LogP contribution in [0.1, 0.15) is 66.0 Å². The number of ketones is 1. The molecule has 2 N–H and O–H groups in total. The molecule has 0 saturated carbocycles. The maximum atomic E-state index is 13.3. The van der Waals surface area contributed by atoms with Gasteiger partial charge in [-0.1, -0.05) is 32.0 Å². The molecule has 232 valence electrons. The largest absolute Gasteiger partial charge is 0.334 e. The summed E-state index contributed by atoms with van der Waals surface area (Å²) in [7, 11) is 2.16. The lowest BCUT2D eigenvalue weighted by molar-refractivity contribution is -0.118. The summed E-state index contributed by atoms with van der Waals surface area (Å²) in [5.41, 5.74) is 3.72. The first-order chi connectivity index (χ1) is 21.1. The van der Waals surface area contributed by atoms with Crippen molar-refractivity contribution in [2.24, 2.45) is 0 Å². The minimum atomic E-state index is -0.515. The van der Waals surface area contributed by atoms with E-state index >= 15 is 0 Å². The summed E-state index contributed by atoms with van der Waals surface area (Å²) in [4.78, 5) is 46.9. The average molecular weight is 601 g/mol. The van der Waals surface area contributed by atoms with E-state index in [1.54, 1.807) is 31.2 Å². The molecule has 1 aromatic heterocycles. The summed E-state index contributed by atoms with van der Waals surface area (Å²) in [6, 6.07) is 11.9. The molecule has 0 aliphatic carbocycles. The van der Waals surface area contributed by atoms with Crippen LogP contribution >= 0.6 is 0 Å². The van der Waals surface area contributed by atoms with Crippen LogP contribution in [-0.2, 0) is 16.1 Å². The zero-order valence-corrected chi connectivity index (χ0v) is 25.8. The van der Waals surface area contributed by atoms with E-state index in [2.05, 4.69) is 50.9 Å². The third kappa shape index (κ3) is 8.81. The number of carbonyl (C=O) groups is 3. The number of amides is 2. The predicted molar refractivity (Wildman–Crippen MR) is 170 cm³/mol. The summed E-state index contributed by atoms with van der Waals surface area (Å²) in [5.74, 6) is -0.997. The lowest BCUT2D eigenvalue weighted by Gasteiger charge is -2.32. The molecule has 0 atom stereocenters. The summed E-state index contributed by atoms with van der Waals surface area (Å²) in [6.45, 7) is 12.3. The van der Waals surface area contributed by atoms with Crippen LogP contribution < -0.4 is 10.6 Å². The Balaban J connectivity index is 1.44. The highest BCUT2D eigenvalue weighted by Crippen LogP contribution is 2.22. The Morgan fingerprint density at radius 2 is 1.73 bits per heavy atom. The van der Waals surface area contributed by atoms with Gasteiger partial charge >= 0.3 is 0 Å². The molecule has 0 bridgehead atoms. The lowest BCUT2D eigenvalue weighted by atomic mass is 10.0. The van der Waals surface area contributed by atoms with Gasteiger partial charge in [-0.3, -0.25) is 14.4 Å². The van der Waals surface area contributed by atoms with Gasteiger partial charge in [0.05, 0.1) is 12.0 Å². The molecule has 1 fully saturated rings. The number of rotatable bonds is 13. The highest BCUT2D eigenvalue weighted by Gasteiger charge is 2.17. The van der Waals surface area contributed by atoms with Crippen molar-refractivity contribution in [2.75, 3.05) is 39.8 Å². The molecule has 2 heterocycles. The van der Waals surface area contributed by atoms with E-state index in [0.717, 1.165) is 57.1 Å². The van der Waals surface area contributed by atoms with Crippen molar-refractivity contribution in [1.29, 1.82) is 0 Å². The average Bonchev–Trinajstić information content (AvgIpc) is 3.40. The molecular weight excluding hydrogens is 559 g/mol. The summed E-state index contributed by atoms with van der Waals surface area (Å²) in [6.07, 6.45) is 6.65. The number of halogens is 1. The number of hydrogen-bond donors (Lipinski definition) is 2. The summed E-state index contributed by atoms with van der Waals surface area (Å²) in [5, 5.41) is 5.30. The molecule has 1 aliphatic heterocycles. The fourth-order valence-electron chi connectivity index (χ4n) is 5.29. The van der Waals surface area contributed by atoms with Crippen LogP contribution in [0.25, 0.3) is 12.2 Å². The third-order valence-corrected chi connectivity index (χ3v) is 7.61. The van der Waals surface area contributed by atoms with Crippen LogP contribution in [0.15, 0.2) is 66.3 Å². The van der Waals surface area contributed by atoms with Crippen molar-refractivity contribution in [3.05, 3.63) is 100 Å². The second-order valence-corrected chi connectivity index (χ2v) is 11.4. The molecule has 9 nitrogen and oxygen atoms in total. The maximum absolute atomic E-state index is 13.3. The van der Waals surface area contributed by atoms with Crippen molar-refractivity contribution in [3.8, 4) is 0 Å². The van der Waals surface area contributed by atoms with Gasteiger partial charge in [-0.15, -0.1) is 0 Å². The van der Waals surface area contributed by atoms with Gasteiger partial charge in [0.1, 0.15) is 11.5 Å². The topological polar surface area (TPSA) is 99.6 Å². The number of allylic oxidation sites excluding steroid dienone is 1. The van der Waals surface area contributed by atoms with Gasteiger partial charge in [-0.2, -0.15) is 0 Å². The van der Waals surface area contributed by atoms with Gasteiger partial charge in [-0.25, -0.2) is 9.37 Å². The minimum Gasteiger partial charge on any atom is -0.334 e. The van der Waals surface area contributed by atoms with Crippen molar-refractivity contribution in [1.82, 2.24) is 30.0 Å². The smallest absolute Gasteiger partial charge is 0.271 e. The van der Waals surface area contributed by atoms with Gasteiger partial charge < -0.3 is 25.0 Å². The van der Waals surface area contributed by atoms with Crippen LogP contribution in [0.3, 0.4) is 0 Å². The van der Waals surface area contributed by atoms with Crippen LogP contribution in [-0.4, -0.2) is 77.2 Å². The van der Waals surface area contributed by atoms with Gasteiger partial charge in [0, 0.05) is 55.2 Å². The maximum Gasteiger partial charge on any atom is 0.271 e. The highest BCUT2D eigenvalue weighted by atomic mass is 19.1. The first-order valence-corrected chi connectivity index (χ1v) is 14.9. The predicted octanol–water partition coefficient (Wildman–Crippen LogP) is 4.28. The Morgan fingerprint density at radius 1 is 1.00 bits per heavy atom. The Bertz CT molecular complexity index is 1520. The zero-order chi connectivity index (χ0) is 31.6. The molecule has 10 heteroatoms. The summed E-state index contributed by atoms with van der Waals surface area (Å²) < 4.78 is 15.5. The van der Waals surface area contributed by atoms with E-state index < -0.39 is 11.7 Å². The molecule has 2 amide bonds. The quantitative estimate of drug-likeness (QED) is 0.173. The SMILES string of the molecule is C/C(=C/c1ncn(CCCN2CCN(C)CC2)c1C(C)C)NC(=O)/C(=C/c1cccc(C(=O)c2ccc(F)cc2)c1)NC=O. The monoisotopic (exact) mass is 600 g/mol. The third-order valence-electron chi connectivity index (χ3n) is 7.61. The van der Waals surface area contributed by atoms with E-state index in [1.807, 2.05) is 12.4 Å². The molecule has 3 aromatic rings. The van der Waals surface area contributed by atoms with Crippen molar-refractivity contribution in [2.45, 2.75) is 39.7 Å². The molecule has 2 aromatic carbocycles. The van der Waals surface area contributed by atoms with Crippen molar-refractivity contribution < 1.29 is 18.8 Å². The molecule has 0 unspecified atom stereocenters. The van der Waals surface area contributed by atoms with Crippen LogP contribution in [0.4, 0.5) is 4.39 Å². The number of nitrogens with one attached hydrogen (secondary N) is 2. The van der Waals surface area contributed by atoms with Gasteiger partial charge in [0.15, 0.2) is 5.78 Å². The number of hydrogen-bond acceptors (Lipinski definition) is 6. The van der Waals surface area contributed by atoms with Gasteiger partial charge in [0.2, 0.25) is 6.41 Å². The first kappa shape index (κ1) is 32.5. The van der Waals surface area contributed by atoms with E-state index in [-0.39, 0.29) is 17.4 Å². The number of benzene rings is 2. The Labute approximate surface area is 258 Å². The molecule has 0 spiro atoms. The molecule has 1 saturated heterocycles.